The minimum atomic E-state index is -0.272. The van der Waals surface area contributed by atoms with Gasteiger partial charge in [-0.2, -0.15) is 0 Å². The van der Waals surface area contributed by atoms with Gasteiger partial charge in [-0.05, 0) is 30.3 Å². The zero-order valence-electron chi connectivity index (χ0n) is 18.9. The van der Waals surface area contributed by atoms with Crippen molar-refractivity contribution < 1.29 is 9.53 Å². The van der Waals surface area contributed by atoms with Crippen LogP contribution in [0, 0.1) is 0 Å². The highest BCUT2D eigenvalue weighted by Crippen LogP contribution is 2.31. The second kappa shape index (κ2) is 10.3. The third kappa shape index (κ3) is 4.92. The molecule has 1 N–H and O–H groups in total. The summed E-state index contributed by atoms with van der Waals surface area (Å²) in [7, 11) is 1.68. The molecule has 0 bridgehead atoms. The first-order chi connectivity index (χ1) is 16.6. The van der Waals surface area contributed by atoms with Crippen LogP contribution in [0.2, 0.25) is 4.34 Å². The smallest absolute Gasteiger partial charge is 0.138 e. The van der Waals surface area contributed by atoms with Gasteiger partial charge in [0, 0.05) is 78.9 Å². The number of pyridine rings is 2. The van der Waals surface area contributed by atoms with Gasteiger partial charge in [-0.25, -0.2) is 0 Å². The molecule has 1 unspecified atom stereocenters. The molecule has 0 spiro atoms. The van der Waals surface area contributed by atoms with E-state index in [2.05, 4.69) is 36.9 Å². The van der Waals surface area contributed by atoms with Crippen LogP contribution in [0.1, 0.15) is 11.4 Å². The van der Waals surface area contributed by atoms with Crippen molar-refractivity contribution in [1.82, 2.24) is 24.8 Å². The third-order valence-corrected chi connectivity index (χ3v) is 7.61. The lowest BCUT2D eigenvalue weighted by Crippen LogP contribution is -2.61. The zero-order valence-corrected chi connectivity index (χ0v) is 20.4. The van der Waals surface area contributed by atoms with Gasteiger partial charge in [0.1, 0.15) is 6.29 Å². The molecular formula is C25H26ClN5O2S. The van der Waals surface area contributed by atoms with Crippen molar-refractivity contribution in [1.29, 1.82) is 0 Å². The molecule has 0 amide bonds. The fraction of sp³-hybridized carbons (Fsp3) is 0.320. The number of rotatable bonds is 8. The van der Waals surface area contributed by atoms with Crippen LogP contribution in [0.25, 0.3) is 21.3 Å². The maximum Gasteiger partial charge on any atom is 0.138 e. The van der Waals surface area contributed by atoms with Crippen LogP contribution in [-0.2, 0) is 22.6 Å². The average Bonchev–Trinajstić information content (AvgIpc) is 3.47. The lowest BCUT2D eigenvalue weighted by molar-refractivity contribution is -0.120. The van der Waals surface area contributed by atoms with Crippen LogP contribution in [0.4, 0.5) is 0 Å². The molecule has 7 nitrogen and oxygen atoms in total. The van der Waals surface area contributed by atoms with Crippen molar-refractivity contribution in [3.8, 4) is 10.4 Å². The number of aldehydes is 1. The molecule has 1 fully saturated rings. The molecule has 5 rings (SSSR count). The Labute approximate surface area is 207 Å². The second-order valence-corrected chi connectivity index (χ2v) is 10.2. The van der Waals surface area contributed by atoms with Gasteiger partial charge in [-0.1, -0.05) is 17.7 Å². The number of nitrogens with one attached hydrogen (secondary N) is 1. The molecule has 0 aromatic carbocycles. The van der Waals surface area contributed by atoms with Crippen LogP contribution in [-0.4, -0.2) is 69.9 Å². The average molecular weight is 496 g/mol. The lowest BCUT2D eigenvalue weighted by atomic mass is 10.0. The fourth-order valence-corrected chi connectivity index (χ4v) is 5.67. The number of aromatic amines is 1. The van der Waals surface area contributed by atoms with Gasteiger partial charge >= 0.3 is 0 Å². The van der Waals surface area contributed by atoms with Crippen molar-refractivity contribution in [2.24, 2.45) is 0 Å². The topological polar surface area (TPSA) is 74.3 Å². The number of aromatic nitrogens is 3. The van der Waals surface area contributed by atoms with Crippen LogP contribution in [0.3, 0.4) is 0 Å². The van der Waals surface area contributed by atoms with E-state index in [-0.39, 0.29) is 12.1 Å². The SMILES string of the molecule is COC[C@@H]1C(C=O)N(Cc2cc3cnccc3[nH]2)CCN1Cc1ccc(-c2ccc(Cl)s2)cn1. The van der Waals surface area contributed by atoms with Crippen molar-refractivity contribution in [2.45, 2.75) is 25.2 Å². The molecule has 1 aliphatic heterocycles. The van der Waals surface area contributed by atoms with Crippen LogP contribution >= 0.6 is 22.9 Å². The van der Waals surface area contributed by atoms with E-state index < -0.39 is 0 Å². The Bertz CT molecular complexity index is 1220. The van der Waals surface area contributed by atoms with Gasteiger partial charge in [0.05, 0.1) is 28.7 Å². The number of halogens is 1. The Morgan fingerprint density at radius 2 is 2.06 bits per heavy atom. The normalized spacial score (nSPS) is 19.6. The van der Waals surface area contributed by atoms with E-state index in [1.54, 1.807) is 24.6 Å². The van der Waals surface area contributed by atoms with E-state index in [1.807, 2.05) is 36.7 Å². The van der Waals surface area contributed by atoms with Crippen molar-refractivity contribution in [2.75, 3.05) is 26.8 Å². The summed E-state index contributed by atoms with van der Waals surface area (Å²) in [5.74, 6) is 0. The fourth-order valence-electron chi connectivity index (χ4n) is 4.64. The number of thiophene rings is 1. The summed E-state index contributed by atoms with van der Waals surface area (Å²) < 4.78 is 6.30. The third-order valence-electron chi connectivity index (χ3n) is 6.33. The predicted molar refractivity (Wildman–Crippen MR) is 135 cm³/mol. The number of ether oxygens (including phenoxy) is 1. The number of methoxy groups -OCH3 is 1. The molecule has 1 saturated heterocycles. The van der Waals surface area contributed by atoms with Crippen LogP contribution < -0.4 is 0 Å². The molecule has 34 heavy (non-hydrogen) atoms. The maximum atomic E-state index is 12.3. The molecule has 0 saturated carbocycles. The first kappa shape index (κ1) is 23.1. The van der Waals surface area contributed by atoms with Gasteiger partial charge in [0.25, 0.3) is 0 Å². The highest BCUT2D eigenvalue weighted by molar-refractivity contribution is 7.19. The molecule has 5 heterocycles. The molecule has 9 heteroatoms. The second-order valence-electron chi connectivity index (χ2n) is 8.49. The highest BCUT2D eigenvalue weighted by Gasteiger charge is 2.36. The number of hydrogen-bond donors (Lipinski definition) is 1. The highest BCUT2D eigenvalue weighted by atomic mass is 35.5. The number of carbonyl (C=O) groups excluding carboxylic acids is 1. The first-order valence-electron chi connectivity index (χ1n) is 11.2. The summed E-state index contributed by atoms with van der Waals surface area (Å²) in [6.07, 6.45) is 6.57. The first-order valence-corrected chi connectivity index (χ1v) is 12.4. The molecule has 4 aromatic heterocycles. The number of piperazine rings is 1. The number of fused-ring (bicyclic) bond motifs is 1. The van der Waals surface area contributed by atoms with E-state index >= 15 is 0 Å². The monoisotopic (exact) mass is 495 g/mol. The minimum Gasteiger partial charge on any atom is -0.383 e. The van der Waals surface area contributed by atoms with E-state index in [4.69, 9.17) is 16.3 Å². The van der Waals surface area contributed by atoms with Gasteiger partial charge in [-0.15, -0.1) is 11.3 Å². The standard InChI is InChI=1S/C25H26ClN5O2S/c1-33-16-23-22(15-32)30(14-20-10-18-11-27-7-6-21(18)29-20)8-9-31(23)13-19-3-2-17(12-28-19)24-4-5-25(26)34-24/h2-7,10-12,15,22-23,29H,8-9,13-14,16H2,1H3/t22?,23-/m1/s1. The summed E-state index contributed by atoms with van der Waals surface area (Å²) in [6, 6.07) is 11.8. The quantitative estimate of drug-likeness (QED) is 0.368. The van der Waals surface area contributed by atoms with E-state index in [0.717, 1.165) is 56.4 Å². The number of carbonyl (C=O) groups is 1. The van der Waals surface area contributed by atoms with Gasteiger partial charge in [0.2, 0.25) is 0 Å². The summed E-state index contributed by atoms with van der Waals surface area (Å²) in [6.45, 7) is 3.41. The summed E-state index contributed by atoms with van der Waals surface area (Å²) in [5, 5.41) is 1.08. The van der Waals surface area contributed by atoms with Crippen LogP contribution in [0.15, 0.2) is 55.0 Å². The Morgan fingerprint density at radius 3 is 2.76 bits per heavy atom. The van der Waals surface area contributed by atoms with Crippen molar-refractivity contribution in [3.05, 3.63) is 70.7 Å². The molecule has 2 atom stereocenters. The summed E-state index contributed by atoms with van der Waals surface area (Å²) in [5.41, 5.74) is 4.15. The summed E-state index contributed by atoms with van der Waals surface area (Å²) >= 11 is 7.61. The van der Waals surface area contributed by atoms with Crippen molar-refractivity contribution >= 4 is 40.1 Å². The predicted octanol–water partition coefficient (Wildman–Crippen LogP) is 4.24. The molecule has 1 aliphatic rings. The summed E-state index contributed by atoms with van der Waals surface area (Å²) in [4.78, 5) is 30.2. The molecule has 0 aliphatic carbocycles. The molecule has 0 radical (unpaired) electrons. The Morgan fingerprint density at radius 1 is 1.18 bits per heavy atom. The largest absolute Gasteiger partial charge is 0.383 e. The van der Waals surface area contributed by atoms with Gasteiger partial charge < -0.3 is 14.5 Å². The molecular weight excluding hydrogens is 470 g/mol. The number of hydrogen-bond acceptors (Lipinski definition) is 7. The van der Waals surface area contributed by atoms with E-state index in [1.165, 1.54) is 0 Å². The number of nitrogens with zero attached hydrogens (tertiary/aromatic N) is 4. The molecule has 4 aromatic rings. The Kier molecular flexibility index (Phi) is 7.03. The van der Waals surface area contributed by atoms with Crippen LogP contribution in [0.5, 0.6) is 0 Å². The van der Waals surface area contributed by atoms with Gasteiger partial charge in [-0.3, -0.25) is 19.8 Å². The minimum absolute atomic E-state index is 0.0557. The number of H-pyrrole nitrogens is 1. The molecule has 176 valence electrons. The van der Waals surface area contributed by atoms with Gasteiger partial charge in [0.15, 0.2) is 0 Å². The van der Waals surface area contributed by atoms with E-state index in [9.17, 15) is 4.79 Å². The Hall–Kier alpha value is -2.62. The Balaban J connectivity index is 1.30. The lowest BCUT2D eigenvalue weighted by Gasteiger charge is -2.45. The van der Waals surface area contributed by atoms with E-state index in [0.29, 0.717) is 19.7 Å². The van der Waals surface area contributed by atoms with Crippen molar-refractivity contribution in [3.63, 3.8) is 0 Å². The maximum absolute atomic E-state index is 12.3. The zero-order chi connectivity index (χ0) is 23.5.